The zero-order chi connectivity index (χ0) is 15.4. The highest BCUT2D eigenvalue weighted by Gasteiger charge is 2.11. The molecule has 0 heterocycles. The van der Waals surface area contributed by atoms with Crippen LogP contribution < -0.4 is 5.32 Å². The molecule has 2 aromatic rings. The Morgan fingerprint density at radius 2 is 1.76 bits per heavy atom. The highest BCUT2D eigenvalue weighted by atomic mass is 35.5. The van der Waals surface area contributed by atoms with Gasteiger partial charge in [-0.1, -0.05) is 17.7 Å². The Kier molecular flexibility index (Phi) is 4.60. The van der Waals surface area contributed by atoms with Crippen molar-refractivity contribution in [3.63, 3.8) is 0 Å². The molecule has 0 aliphatic rings. The van der Waals surface area contributed by atoms with E-state index in [1.807, 2.05) is 0 Å². The van der Waals surface area contributed by atoms with Gasteiger partial charge in [-0.05, 0) is 48.9 Å². The van der Waals surface area contributed by atoms with Crippen molar-refractivity contribution in [1.29, 1.82) is 0 Å². The molecule has 0 spiro atoms. The number of hydrogen-bond donors (Lipinski definition) is 1. The fourth-order valence-electron chi connectivity index (χ4n) is 1.86. The lowest BCUT2D eigenvalue weighted by molar-refractivity contribution is 0.0600. The Morgan fingerprint density at radius 3 is 2.38 bits per heavy atom. The van der Waals surface area contributed by atoms with E-state index in [4.69, 9.17) is 11.6 Å². The summed E-state index contributed by atoms with van der Waals surface area (Å²) in [6, 6.07) is 11.6. The van der Waals surface area contributed by atoms with Gasteiger partial charge in [0.15, 0.2) is 0 Å². The van der Waals surface area contributed by atoms with Gasteiger partial charge in [-0.15, -0.1) is 0 Å². The van der Waals surface area contributed by atoms with E-state index in [1.165, 1.54) is 7.11 Å². The second kappa shape index (κ2) is 6.41. The fraction of sp³-hybridized carbons (Fsp3) is 0.125. The molecular weight excluding hydrogens is 290 g/mol. The lowest BCUT2D eigenvalue weighted by Gasteiger charge is -2.09. The van der Waals surface area contributed by atoms with E-state index in [0.29, 0.717) is 21.8 Å². The topological polar surface area (TPSA) is 55.4 Å². The predicted molar refractivity (Wildman–Crippen MR) is 81.9 cm³/mol. The van der Waals surface area contributed by atoms with Crippen LogP contribution in [-0.2, 0) is 4.74 Å². The van der Waals surface area contributed by atoms with Gasteiger partial charge in [0.2, 0.25) is 0 Å². The summed E-state index contributed by atoms with van der Waals surface area (Å²) in [6.45, 7) is 1.79. The second-order valence-electron chi connectivity index (χ2n) is 4.44. The number of methoxy groups -OCH3 is 1. The number of rotatable bonds is 3. The number of nitrogens with one attached hydrogen (secondary N) is 1. The van der Waals surface area contributed by atoms with Gasteiger partial charge in [-0.25, -0.2) is 4.79 Å². The van der Waals surface area contributed by atoms with E-state index in [-0.39, 0.29) is 5.91 Å². The average Bonchev–Trinajstić information content (AvgIpc) is 2.50. The number of ether oxygens (including phenoxy) is 1. The predicted octanol–water partition coefficient (Wildman–Crippen LogP) is 3.69. The molecule has 0 aromatic heterocycles. The first kappa shape index (κ1) is 15.1. The van der Waals surface area contributed by atoms with Crippen molar-refractivity contribution in [2.24, 2.45) is 0 Å². The molecule has 4 nitrogen and oxygen atoms in total. The zero-order valence-electron chi connectivity index (χ0n) is 11.6. The maximum absolute atomic E-state index is 12.2. The molecule has 0 bridgehead atoms. The van der Waals surface area contributed by atoms with E-state index in [2.05, 4.69) is 10.1 Å². The van der Waals surface area contributed by atoms with Crippen molar-refractivity contribution >= 4 is 29.2 Å². The van der Waals surface area contributed by atoms with Crippen LogP contribution in [0.5, 0.6) is 0 Å². The summed E-state index contributed by atoms with van der Waals surface area (Å²) < 4.78 is 4.61. The highest BCUT2D eigenvalue weighted by molar-refractivity contribution is 6.32. The quantitative estimate of drug-likeness (QED) is 0.880. The van der Waals surface area contributed by atoms with Gasteiger partial charge in [0.05, 0.1) is 12.7 Å². The Bertz CT molecular complexity index is 680. The zero-order valence-corrected chi connectivity index (χ0v) is 12.4. The largest absolute Gasteiger partial charge is 0.465 e. The second-order valence-corrected chi connectivity index (χ2v) is 4.84. The van der Waals surface area contributed by atoms with Crippen LogP contribution in [0.15, 0.2) is 42.5 Å². The number of benzene rings is 2. The van der Waals surface area contributed by atoms with Crippen molar-refractivity contribution in [3.8, 4) is 0 Å². The van der Waals surface area contributed by atoms with Crippen LogP contribution in [0.25, 0.3) is 0 Å². The van der Waals surface area contributed by atoms with E-state index in [0.717, 1.165) is 5.56 Å². The molecule has 21 heavy (non-hydrogen) atoms. The molecule has 0 atom stereocenters. The Morgan fingerprint density at radius 1 is 1.10 bits per heavy atom. The smallest absolute Gasteiger partial charge is 0.337 e. The van der Waals surface area contributed by atoms with Gasteiger partial charge in [-0.3, -0.25) is 4.79 Å². The number of carbonyl (C=O) groups is 2. The molecule has 108 valence electrons. The van der Waals surface area contributed by atoms with Crippen LogP contribution in [0.2, 0.25) is 5.02 Å². The molecule has 0 unspecified atom stereocenters. The van der Waals surface area contributed by atoms with Gasteiger partial charge in [0.25, 0.3) is 5.91 Å². The van der Waals surface area contributed by atoms with Gasteiger partial charge < -0.3 is 10.1 Å². The van der Waals surface area contributed by atoms with Crippen molar-refractivity contribution in [1.82, 2.24) is 0 Å². The van der Waals surface area contributed by atoms with Crippen LogP contribution in [0.4, 0.5) is 5.69 Å². The van der Waals surface area contributed by atoms with Crippen molar-refractivity contribution < 1.29 is 14.3 Å². The Labute approximate surface area is 127 Å². The molecule has 0 saturated carbocycles. The first-order chi connectivity index (χ1) is 10.0. The van der Waals surface area contributed by atoms with Crippen molar-refractivity contribution in [2.45, 2.75) is 6.92 Å². The SMILES string of the molecule is COC(=O)c1ccc(NC(=O)c2cccc(Cl)c2C)cc1. The third-order valence-electron chi connectivity index (χ3n) is 3.08. The minimum Gasteiger partial charge on any atom is -0.465 e. The molecule has 2 rings (SSSR count). The number of hydrogen-bond acceptors (Lipinski definition) is 3. The van der Waals surface area contributed by atoms with Crippen LogP contribution in [-0.4, -0.2) is 19.0 Å². The summed E-state index contributed by atoms with van der Waals surface area (Å²) in [4.78, 5) is 23.5. The van der Waals surface area contributed by atoms with Crippen LogP contribution in [0.3, 0.4) is 0 Å². The molecule has 1 amide bonds. The first-order valence-corrected chi connectivity index (χ1v) is 6.65. The van der Waals surface area contributed by atoms with Crippen LogP contribution in [0.1, 0.15) is 26.3 Å². The maximum atomic E-state index is 12.2. The third kappa shape index (κ3) is 3.41. The van der Waals surface area contributed by atoms with Gasteiger partial charge in [-0.2, -0.15) is 0 Å². The van der Waals surface area contributed by atoms with E-state index in [9.17, 15) is 9.59 Å². The van der Waals surface area contributed by atoms with Crippen molar-refractivity contribution in [2.75, 3.05) is 12.4 Å². The number of esters is 1. The molecular formula is C16H14ClNO3. The van der Waals surface area contributed by atoms with E-state index < -0.39 is 5.97 Å². The Hall–Kier alpha value is -2.33. The summed E-state index contributed by atoms with van der Waals surface area (Å²) in [6.07, 6.45) is 0. The van der Waals surface area contributed by atoms with E-state index >= 15 is 0 Å². The highest BCUT2D eigenvalue weighted by Crippen LogP contribution is 2.20. The molecule has 5 heteroatoms. The summed E-state index contributed by atoms with van der Waals surface area (Å²) in [5, 5.41) is 3.31. The third-order valence-corrected chi connectivity index (χ3v) is 3.49. The number of anilines is 1. The first-order valence-electron chi connectivity index (χ1n) is 6.27. The number of carbonyl (C=O) groups excluding carboxylic acids is 2. The minimum absolute atomic E-state index is 0.249. The summed E-state index contributed by atoms with van der Waals surface area (Å²) in [7, 11) is 1.32. The molecule has 0 saturated heterocycles. The lowest BCUT2D eigenvalue weighted by Crippen LogP contribution is -2.13. The van der Waals surface area contributed by atoms with Gasteiger partial charge in [0.1, 0.15) is 0 Å². The maximum Gasteiger partial charge on any atom is 0.337 e. The molecule has 0 fully saturated rings. The summed E-state index contributed by atoms with van der Waals surface area (Å²) in [5.74, 6) is -0.667. The average molecular weight is 304 g/mol. The van der Waals surface area contributed by atoms with Gasteiger partial charge in [0, 0.05) is 16.3 Å². The molecule has 0 aliphatic carbocycles. The van der Waals surface area contributed by atoms with Gasteiger partial charge >= 0.3 is 5.97 Å². The number of amides is 1. The lowest BCUT2D eigenvalue weighted by atomic mass is 10.1. The minimum atomic E-state index is -0.418. The number of halogens is 1. The van der Waals surface area contributed by atoms with E-state index in [1.54, 1.807) is 49.4 Å². The fourth-order valence-corrected chi connectivity index (χ4v) is 2.03. The monoisotopic (exact) mass is 303 g/mol. The molecule has 0 radical (unpaired) electrons. The van der Waals surface area contributed by atoms with Crippen molar-refractivity contribution in [3.05, 3.63) is 64.2 Å². The molecule has 0 aliphatic heterocycles. The normalized spacial score (nSPS) is 10.0. The molecule has 2 aromatic carbocycles. The summed E-state index contributed by atoms with van der Waals surface area (Å²) in [5.41, 5.74) is 2.25. The Balaban J connectivity index is 2.16. The standard InChI is InChI=1S/C16H14ClNO3/c1-10-13(4-3-5-14(10)17)15(19)18-12-8-6-11(7-9-12)16(20)21-2/h3-9H,1-2H3,(H,18,19). The van der Waals surface area contributed by atoms with Crippen LogP contribution >= 0.6 is 11.6 Å². The molecule has 1 N–H and O–H groups in total. The summed E-state index contributed by atoms with van der Waals surface area (Å²) >= 11 is 6.00. The van der Waals surface area contributed by atoms with Crippen LogP contribution in [0, 0.1) is 6.92 Å².